The third kappa shape index (κ3) is 2.97. The van der Waals surface area contributed by atoms with Gasteiger partial charge in [0.1, 0.15) is 0 Å². The molecule has 20 heavy (non-hydrogen) atoms. The first-order valence-electron chi connectivity index (χ1n) is 6.76. The Labute approximate surface area is 116 Å². The molecular weight excluding hydrogens is 267 g/mol. The fourth-order valence-corrected chi connectivity index (χ4v) is 2.72. The molecule has 2 unspecified atom stereocenters. The maximum Gasteiger partial charge on any atom is 0.417 e. The highest BCUT2D eigenvalue weighted by Crippen LogP contribution is 2.36. The monoisotopic (exact) mass is 285 g/mol. The van der Waals surface area contributed by atoms with Crippen molar-refractivity contribution in [1.82, 2.24) is 0 Å². The molecular formula is C15H18F3NO. The van der Waals surface area contributed by atoms with Gasteiger partial charge in [0.2, 0.25) is 0 Å². The van der Waals surface area contributed by atoms with E-state index in [2.05, 4.69) is 6.92 Å². The van der Waals surface area contributed by atoms with Gasteiger partial charge in [0.05, 0.1) is 5.56 Å². The lowest BCUT2D eigenvalue weighted by Gasteiger charge is -2.39. The molecule has 0 N–H and O–H groups in total. The first-order chi connectivity index (χ1) is 9.32. The van der Waals surface area contributed by atoms with Crippen LogP contribution < -0.4 is 4.90 Å². The van der Waals surface area contributed by atoms with Crippen molar-refractivity contribution in [2.45, 2.75) is 38.9 Å². The van der Waals surface area contributed by atoms with E-state index in [1.54, 1.807) is 6.07 Å². The average Bonchev–Trinajstić information content (AvgIpc) is 2.40. The Balaban J connectivity index is 2.40. The Hall–Kier alpha value is -1.52. The van der Waals surface area contributed by atoms with E-state index in [-0.39, 0.29) is 17.9 Å². The van der Waals surface area contributed by atoms with Crippen molar-refractivity contribution in [2.24, 2.45) is 5.92 Å². The number of hydrogen-bond acceptors (Lipinski definition) is 2. The molecule has 0 radical (unpaired) electrons. The van der Waals surface area contributed by atoms with Crippen molar-refractivity contribution in [1.29, 1.82) is 0 Å². The average molecular weight is 285 g/mol. The van der Waals surface area contributed by atoms with Gasteiger partial charge in [-0.3, -0.25) is 4.79 Å². The molecule has 5 heteroatoms. The molecule has 0 aliphatic carbocycles. The molecule has 2 atom stereocenters. The number of carbonyl (C=O) groups is 1. The predicted molar refractivity (Wildman–Crippen MR) is 72.0 cm³/mol. The van der Waals surface area contributed by atoms with Gasteiger partial charge in [0.25, 0.3) is 0 Å². The molecule has 0 bridgehead atoms. The number of anilines is 1. The quantitative estimate of drug-likeness (QED) is 0.761. The summed E-state index contributed by atoms with van der Waals surface area (Å²) in [5, 5.41) is 0. The molecule has 0 saturated carbocycles. The van der Waals surface area contributed by atoms with Crippen LogP contribution in [0.4, 0.5) is 18.9 Å². The topological polar surface area (TPSA) is 20.3 Å². The summed E-state index contributed by atoms with van der Waals surface area (Å²) in [5.41, 5.74) is -0.614. The molecule has 2 rings (SSSR count). The number of hydrogen-bond donors (Lipinski definition) is 0. The molecule has 110 valence electrons. The van der Waals surface area contributed by atoms with Crippen LogP contribution in [0.25, 0.3) is 0 Å². The van der Waals surface area contributed by atoms with Crippen LogP contribution in [0.15, 0.2) is 18.2 Å². The standard InChI is InChI=1S/C15H18F3NO/c1-10-3-4-11(2)19(8-10)13-6-5-12(9-20)14(7-13)15(16,17)18/h5-7,9-11H,3-4,8H2,1-2H3. The first-order valence-corrected chi connectivity index (χ1v) is 6.76. The lowest BCUT2D eigenvalue weighted by Crippen LogP contribution is -2.41. The number of alkyl halides is 3. The molecule has 1 fully saturated rings. The zero-order valence-corrected chi connectivity index (χ0v) is 11.6. The Morgan fingerprint density at radius 1 is 1.25 bits per heavy atom. The fourth-order valence-electron chi connectivity index (χ4n) is 2.72. The lowest BCUT2D eigenvalue weighted by molar-refractivity contribution is -0.137. The molecule has 0 aromatic heterocycles. The Bertz CT molecular complexity index is 498. The number of rotatable bonds is 2. The van der Waals surface area contributed by atoms with E-state index < -0.39 is 11.7 Å². The Kier molecular flexibility index (Phi) is 4.06. The van der Waals surface area contributed by atoms with E-state index in [1.165, 1.54) is 6.07 Å². The molecule has 1 aliphatic heterocycles. The molecule has 1 aliphatic rings. The van der Waals surface area contributed by atoms with Crippen molar-refractivity contribution in [3.63, 3.8) is 0 Å². The molecule has 2 nitrogen and oxygen atoms in total. The summed E-state index contributed by atoms with van der Waals surface area (Å²) < 4.78 is 38.9. The minimum atomic E-state index is -4.50. The van der Waals surface area contributed by atoms with Crippen molar-refractivity contribution in [2.75, 3.05) is 11.4 Å². The van der Waals surface area contributed by atoms with Gasteiger partial charge in [-0.1, -0.05) is 6.92 Å². The van der Waals surface area contributed by atoms with Gasteiger partial charge < -0.3 is 4.90 Å². The van der Waals surface area contributed by atoms with Gasteiger partial charge in [0, 0.05) is 23.8 Å². The van der Waals surface area contributed by atoms with E-state index in [9.17, 15) is 18.0 Å². The SMILES string of the molecule is CC1CCC(C)N(c2ccc(C=O)c(C(F)(F)F)c2)C1. The summed E-state index contributed by atoms with van der Waals surface area (Å²) >= 11 is 0. The van der Waals surface area contributed by atoms with Crippen LogP contribution in [0.3, 0.4) is 0 Å². The number of halogens is 3. The second-order valence-electron chi connectivity index (χ2n) is 5.57. The molecule has 1 heterocycles. The summed E-state index contributed by atoms with van der Waals surface area (Å²) in [5.74, 6) is 0.464. The number of piperidine rings is 1. The zero-order chi connectivity index (χ0) is 14.9. The zero-order valence-electron chi connectivity index (χ0n) is 11.6. The van der Waals surface area contributed by atoms with Crippen molar-refractivity contribution >= 4 is 12.0 Å². The largest absolute Gasteiger partial charge is 0.417 e. The van der Waals surface area contributed by atoms with Gasteiger partial charge in [-0.25, -0.2) is 0 Å². The lowest BCUT2D eigenvalue weighted by atomic mass is 9.94. The normalized spacial score (nSPS) is 23.8. The van der Waals surface area contributed by atoms with Gasteiger partial charge >= 0.3 is 6.18 Å². The van der Waals surface area contributed by atoms with Crippen LogP contribution >= 0.6 is 0 Å². The predicted octanol–water partition coefficient (Wildman–Crippen LogP) is 4.14. The van der Waals surface area contributed by atoms with E-state index in [0.717, 1.165) is 25.5 Å². The Morgan fingerprint density at radius 3 is 2.55 bits per heavy atom. The summed E-state index contributed by atoms with van der Waals surface area (Å²) in [4.78, 5) is 12.8. The Morgan fingerprint density at radius 2 is 1.95 bits per heavy atom. The summed E-state index contributed by atoms with van der Waals surface area (Å²) in [7, 11) is 0. The third-order valence-electron chi connectivity index (χ3n) is 3.92. The van der Waals surface area contributed by atoms with Crippen LogP contribution in [0.1, 0.15) is 42.6 Å². The van der Waals surface area contributed by atoms with Crippen LogP contribution in [0.5, 0.6) is 0 Å². The van der Waals surface area contributed by atoms with Gasteiger partial charge in [-0.15, -0.1) is 0 Å². The number of benzene rings is 1. The van der Waals surface area contributed by atoms with E-state index in [1.807, 2.05) is 11.8 Å². The van der Waals surface area contributed by atoms with Crippen LogP contribution in [0, 0.1) is 5.92 Å². The second kappa shape index (κ2) is 5.46. The van der Waals surface area contributed by atoms with Crippen LogP contribution in [-0.4, -0.2) is 18.9 Å². The minimum absolute atomic E-state index is 0.217. The highest BCUT2D eigenvalue weighted by Gasteiger charge is 2.34. The molecule has 0 spiro atoms. The van der Waals surface area contributed by atoms with E-state index >= 15 is 0 Å². The summed E-state index contributed by atoms with van der Waals surface area (Å²) in [6.45, 7) is 4.87. The van der Waals surface area contributed by atoms with Crippen molar-refractivity contribution < 1.29 is 18.0 Å². The maximum atomic E-state index is 13.0. The highest BCUT2D eigenvalue weighted by atomic mass is 19.4. The maximum absolute atomic E-state index is 13.0. The fraction of sp³-hybridized carbons (Fsp3) is 0.533. The summed E-state index contributed by atoms with van der Waals surface area (Å²) in [6, 6.07) is 4.18. The molecule has 1 aromatic rings. The van der Waals surface area contributed by atoms with Crippen molar-refractivity contribution in [3.05, 3.63) is 29.3 Å². The molecule has 1 saturated heterocycles. The second-order valence-corrected chi connectivity index (χ2v) is 5.57. The number of carbonyl (C=O) groups excluding carboxylic acids is 1. The third-order valence-corrected chi connectivity index (χ3v) is 3.92. The first kappa shape index (κ1) is 14.9. The van der Waals surface area contributed by atoms with E-state index in [0.29, 0.717) is 11.6 Å². The van der Waals surface area contributed by atoms with Crippen LogP contribution in [0.2, 0.25) is 0 Å². The molecule has 0 amide bonds. The summed E-state index contributed by atoms with van der Waals surface area (Å²) in [6.07, 6.45) is -2.18. The van der Waals surface area contributed by atoms with Gasteiger partial charge in [-0.05, 0) is 43.9 Å². The van der Waals surface area contributed by atoms with Crippen LogP contribution in [-0.2, 0) is 6.18 Å². The van der Waals surface area contributed by atoms with Gasteiger partial charge in [0.15, 0.2) is 6.29 Å². The molecule has 1 aromatic carbocycles. The van der Waals surface area contributed by atoms with E-state index in [4.69, 9.17) is 0 Å². The smallest absolute Gasteiger partial charge is 0.369 e. The van der Waals surface area contributed by atoms with Gasteiger partial charge in [-0.2, -0.15) is 13.2 Å². The number of aldehydes is 1. The minimum Gasteiger partial charge on any atom is -0.369 e. The van der Waals surface area contributed by atoms with Crippen molar-refractivity contribution in [3.8, 4) is 0 Å². The highest BCUT2D eigenvalue weighted by molar-refractivity contribution is 5.79. The number of nitrogens with zero attached hydrogens (tertiary/aromatic N) is 1.